The molecule has 0 saturated carbocycles. The number of esters is 1. The van der Waals surface area contributed by atoms with Gasteiger partial charge in [-0.1, -0.05) is 32.9 Å². The van der Waals surface area contributed by atoms with E-state index in [1.165, 1.54) is 21.1 Å². The molecule has 3 heterocycles. The van der Waals surface area contributed by atoms with E-state index in [1.807, 2.05) is 46.7 Å². The zero-order chi connectivity index (χ0) is 40.4. The van der Waals surface area contributed by atoms with Crippen molar-refractivity contribution in [3.8, 4) is 0 Å². The third-order valence-corrected chi connectivity index (χ3v) is 12.4. The standard InChI is InChI=1S/C38H70N2O13/c1-15-26-38(10,45)31(42)21(4)28(39-46)19(2)17-37(9,48-14)33(53-35-29(41)25(40(11)12)16-20(3)49-35)22(5)30(23(6)34(44)51-26)52-27-18-36(8,47-13)32(43)24(7)50-27/h19-27,29-33,35,41-43,45-46H,15-18H2,1-14H3/b39-28-. The highest BCUT2D eigenvalue weighted by Gasteiger charge is 2.54. The average molecular weight is 763 g/mol. The lowest BCUT2D eigenvalue weighted by Gasteiger charge is -2.50. The zero-order valence-corrected chi connectivity index (χ0v) is 34.4. The van der Waals surface area contributed by atoms with Crippen molar-refractivity contribution in [2.24, 2.45) is 28.8 Å². The molecule has 3 aliphatic rings. The molecule has 0 spiro atoms. The summed E-state index contributed by atoms with van der Waals surface area (Å²) in [6.45, 7) is 17.3. The van der Waals surface area contributed by atoms with E-state index in [2.05, 4.69) is 5.16 Å². The monoisotopic (exact) mass is 762 g/mol. The topological polar surface area (TPSA) is 198 Å². The molecule has 3 rings (SSSR count). The Balaban J connectivity index is 2.25. The fraction of sp³-hybridized carbons (Fsp3) is 0.947. The van der Waals surface area contributed by atoms with Gasteiger partial charge in [-0.2, -0.15) is 0 Å². The Morgan fingerprint density at radius 1 is 0.887 bits per heavy atom. The summed E-state index contributed by atoms with van der Waals surface area (Å²) in [5, 5.41) is 59.8. The molecule has 0 radical (unpaired) electrons. The van der Waals surface area contributed by atoms with E-state index in [0.717, 1.165) is 0 Å². The summed E-state index contributed by atoms with van der Waals surface area (Å²) in [6.07, 6.45) is -8.53. The number of nitrogens with zero attached hydrogens (tertiary/aromatic N) is 2. The van der Waals surface area contributed by atoms with Crippen LogP contribution < -0.4 is 0 Å². The Kier molecular flexibility index (Phi) is 15.7. The SMILES string of the molecule is CCC1OC(=O)C(C)C(OC2CC(C)(OC)C(O)C(C)O2)C(C)C(OC2OC(C)CC(N(C)C)C2O)C(C)(OC)CC(C)/C(=N/O)C(C)C(O)C1(C)O. The van der Waals surface area contributed by atoms with Crippen molar-refractivity contribution in [2.45, 2.75) is 179 Å². The van der Waals surface area contributed by atoms with Crippen LogP contribution in [0, 0.1) is 23.7 Å². The molecule has 15 nitrogen and oxygen atoms in total. The largest absolute Gasteiger partial charge is 0.459 e. The van der Waals surface area contributed by atoms with Gasteiger partial charge in [-0.15, -0.1) is 0 Å². The van der Waals surface area contributed by atoms with Gasteiger partial charge in [0.1, 0.15) is 23.9 Å². The van der Waals surface area contributed by atoms with Gasteiger partial charge in [-0.05, 0) is 74.9 Å². The van der Waals surface area contributed by atoms with Gasteiger partial charge >= 0.3 is 5.97 Å². The fourth-order valence-corrected chi connectivity index (χ4v) is 8.78. The third-order valence-electron chi connectivity index (χ3n) is 12.4. The minimum Gasteiger partial charge on any atom is -0.459 e. The number of hydrogen-bond acceptors (Lipinski definition) is 15. The van der Waals surface area contributed by atoms with Crippen molar-refractivity contribution >= 4 is 11.7 Å². The summed E-state index contributed by atoms with van der Waals surface area (Å²) in [5.74, 6) is -3.82. The van der Waals surface area contributed by atoms with Crippen LogP contribution in [0.2, 0.25) is 0 Å². The second kappa shape index (κ2) is 18.2. The van der Waals surface area contributed by atoms with Crippen LogP contribution in [-0.4, -0.2) is 155 Å². The van der Waals surface area contributed by atoms with E-state index in [9.17, 15) is 30.4 Å². The van der Waals surface area contributed by atoms with Gasteiger partial charge in [0.25, 0.3) is 0 Å². The van der Waals surface area contributed by atoms with E-state index in [-0.39, 0.29) is 37.1 Å². The Morgan fingerprint density at radius 3 is 2.02 bits per heavy atom. The number of methoxy groups -OCH3 is 2. The number of aliphatic hydroxyl groups is 4. The summed E-state index contributed by atoms with van der Waals surface area (Å²) >= 11 is 0. The molecule has 18 atom stereocenters. The van der Waals surface area contributed by atoms with Crippen molar-refractivity contribution in [3.63, 3.8) is 0 Å². The van der Waals surface area contributed by atoms with E-state index in [4.69, 9.17) is 33.2 Å². The molecular weight excluding hydrogens is 692 g/mol. The number of carbonyl (C=O) groups is 1. The molecule has 3 fully saturated rings. The van der Waals surface area contributed by atoms with Crippen molar-refractivity contribution in [1.82, 2.24) is 4.90 Å². The number of rotatable bonds is 8. The number of ether oxygens (including phenoxy) is 7. The van der Waals surface area contributed by atoms with Gasteiger partial charge < -0.3 is 63.7 Å². The van der Waals surface area contributed by atoms with Gasteiger partial charge in [0.05, 0.1) is 53.4 Å². The highest BCUT2D eigenvalue weighted by atomic mass is 16.7. The predicted molar refractivity (Wildman–Crippen MR) is 195 cm³/mol. The van der Waals surface area contributed by atoms with Crippen LogP contribution in [0.4, 0.5) is 0 Å². The van der Waals surface area contributed by atoms with Crippen LogP contribution >= 0.6 is 0 Å². The Morgan fingerprint density at radius 2 is 1.49 bits per heavy atom. The lowest BCUT2D eigenvalue weighted by Crippen LogP contribution is -2.61. The molecular formula is C38H70N2O13. The van der Waals surface area contributed by atoms with Gasteiger partial charge in [-0.3, -0.25) is 4.79 Å². The molecule has 15 heteroatoms. The zero-order valence-electron chi connectivity index (χ0n) is 34.4. The normalized spacial score (nSPS) is 49.1. The minimum absolute atomic E-state index is 0.128. The quantitative estimate of drug-likeness (QED) is 0.137. The first-order chi connectivity index (χ1) is 24.5. The first-order valence-electron chi connectivity index (χ1n) is 19.1. The Bertz CT molecular complexity index is 1220. The van der Waals surface area contributed by atoms with Crippen LogP contribution in [0.25, 0.3) is 0 Å². The van der Waals surface area contributed by atoms with Gasteiger partial charge in [-0.25, -0.2) is 0 Å². The molecule has 0 aliphatic carbocycles. The van der Waals surface area contributed by atoms with Crippen LogP contribution in [0.1, 0.15) is 94.9 Å². The van der Waals surface area contributed by atoms with Gasteiger partial charge in [0, 0.05) is 44.4 Å². The Hall–Kier alpha value is -1.50. The summed E-state index contributed by atoms with van der Waals surface area (Å²) in [5.41, 5.74) is -3.99. The minimum atomic E-state index is -1.94. The lowest BCUT2D eigenvalue weighted by molar-refractivity contribution is -0.319. The number of cyclic esters (lactones) is 1. The smallest absolute Gasteiger partial charge is 0.311 e. The average Bonchev–Trinajstić information content (AvgIpc) is 3.10. The number of aliphatic hydroxyl groups excluding tert-OH is 3. The number of hydrogen-bond donors (Lipinski definition) is 5. The molecule has 0 aromatic rings. The van der Waals surface area contributed by atoms with Crippen molar-refractivity contribution in [2.75, 3.05) is 28.3 Å². The van der Waals surface area contributed by atoms with Gasteiger partial charge in [0.15, 0.2) is 12.6 Å². The summed E-state index contributed by atoms with van der Waals surface area (Å²) in [6, 6.07) is -0.282. The second-order valence-electron chi connectivity index (χ2n) is 16.8. The number of likely N-dealkylation sites (N-methyl/N-ethyl adjacent to an activating group) is 1. The van der Waals surface area contributed by atoms with Crippen molar-refractivity contribution in [1.29, 1.82) is 0 Å². The highest BCUT2D eigenvalue weighted by Crippen LogP contribution is 2.42. The molecule has 5 N–H and O–H groups in total. The van der Waals surface area contributed by atoms with Crippen LogP contribution in [-0.2, 0) is 38.0 Å². The molecule has 0 aromatic heterocycles. The van der Waals surface area contributed by atoms with Crippen LogP contribution in [0.5, 0.6) is 0 Å². The van der Waals surface area contributed by atoms with Crippen LogP contribution in [0.3, 0.4) is 0 Å². The van der Waals surface area contributed by atoms with E-state index >= 15 is 0 Å². The van der Waals surface area contributed by atoms with E-state index in [0.29, 0.717) is 6.42 Å². The molecule has 53 heavy (non-hydrogen) atoms. The number of carbonyl (C=O) groups excluding carboxylic acids is 1. The molecule has 3 aliphatic heterocycles. The van der Waals surface area contributed by atoms with Crippen LogP contribution in [0.15, 0.2) is 5.16 Å². The maximum Gasteiger partial charge on any atom is 0.311 e. The highest BCUT2D eigenvalue weighted by molar-refractivity contribution is 5.88. The molecule has 0 amide bonds. The maximum atomic E-state index is 14.2. The lowest BCUT2D eigenvalue weighted by atomic mass is 9.73. The maximum absolute atomic E-state index is 14.2. The van der Waals surface area contributed by atoms with Crippen molar-refractivity contribution < 1.29 is 63.6 Å². The molecule has 3 saturated heterocycles. The van der Waals surface area contributed by atoms with Gasteiger partial charge in [0.2, 0.25) is 0 Å². The molecule has 18 unspecified atom stereocenters. The van der Waals surface area contributed by atoms with Crippen molar-refractivity contribution in [3.05, 3.63) is 0 Å². The summed E-state index contributed by atoms with van der Waals surface area (Å²) < 4.78 is 44.1. The van der Waals surface area contributed by atoms with E-state index in [1.54, 1.807) is 34.6 Å². The number of oxime groups is 1. The van der Waals surface area contributed by atoms with E-state index < -0.39 is 102 Å². The first-order valence-corrected chi connectivity index (χ1v) is 19.1. The first kappa shape index (κ1) is 45.9. The Labute approximate surface area is 316 Å². The molecule has 0 aromatic carbocycles. The molecule has 310 valence electrons. The summed E-state index contributed by atoms with van der Waals surface area (Å²) in [4.78, 5) is 16.2. The second-order valence-corrected chi connectivity index (χ2v) is 16.8. The molecule has 0 bridgehead atoms. The predicted octanol–water partition coefficient (Wildman–Crippen LogP) is 2.70. The fourth-order valence-electron chi connectivity index (χ4n) is 8.78. The summed E-state index contributed by atoms with van der Waals surface area (Å²) in [7, 11) is 6.80. The third kappa shape index (κ3) is 9.73.